The highest BCUT2D eigenvalue weighted by Gasteiger charge is 2.30. The van der Waals surface area contributed by atoms with E-state index in [9.17, 15) is 24.6 Å². The number of nitrogens with one attached hydrogen (secondary N) is 2. The second-order valence-corrected chi connectivity index (χ2v) is 7.92. The zero-order chi connectivity index (χ0) is 24.1. The van der Waals surface area contributed by atoms with Crippen molar-refractivity contribution in [2.75, 3.05) is 13.2 Å². The summed E-state index contributed by atoms with van der Waals surface area (Å²) >= 11 is 0. The Morgan fingerprint density at radius 1 is 0.853 bits per heavy atom. The van der Waals surface area contributed by atoms with E-state index in [1.54, 1.807) is 30.3 Å². The van der Waals surface area contributed by atoms with Crippen LogP contribution in [-0.2, 0) is 14.3 Å². The van der Waals surface area contributed by atoms with Gasteiger partial charge in [-0.1, -0.05) is 78.9 Å². The second kappa shape index (κ2) is 10.2. The number of benzene rings is 3. The molecule has 0 radical (unpaired) electrons. The molecule has 4 rings (SSSR count). The predicted molar refractivity (Wildman–Crippen MR) is 124 cm³/mol. The molecule has 2 atom stereocenters. The number of rotatable bonds is 8. The van der Waals surface area contributed by atoms with Crippen molar-refractivity contribution >= 4 is 18.0 Å². The summed E-state index contributed by atoms with van der Waals surface area (Å²) in [6.07, 6.45) is -2.25. The molecule has 0 spiro atoms. The Balaban J connectivity index is 1.31. The lowest BCUT2D eigenvalue weighted by atomic mass is 9.98. The molecule has 1 aliphatic carbocycles. The van der Waals surface area contributed by atoms with Crippen molar-refractivity contribution in [3.63, 3.8) is 0 Å². The predicted octanol–water partition coefficient (Wildman–Crippen LogP) is 2.83. The topological polar surface area (TPSA) is 125 Å². The van der Waals surface area contributed by atoms with Crippen molar-refractivity contribution in [3.05, 3.63) is 95.6 Å². The van der Waals surface area contributed by atoms with Crippen molar-refractivity contribution < 1.29 is 29.3 Å². The molecule has 0 saturated heterocycles. The molecule has 3 aromatic carbocycles. The van der Waals surface area contributed by atoms with Gasteiger partial charge in [-0.2, -0.15) is 0 Å². The molecule has 0 unspecified atom stereocenters. The van der Waals surface area contributed by atoms with Gasteiger partial charge in [-0.05, 0) is 27.8 Å². The highest BCUT2D eigenvalue weighted by Crippen LogP contribution is 2.44. The summed E-state index contributed by atoms with van der Waals surface area (Å²) in [5.74, 6) is -2.29. The van der Waals surface area contributed by atoms with E-state index < -0.39 is 36.7 Å². The summed E-state index contributed by atoms with van der Waals surface area (Å²) in [5.41, 5.74) is 4.67. The van der Waals surface area contributed by atoms with Crippen molar-refractivity contribution in [2.24, 2.45) is 0 Å². The second-order valence-electron chi connectivity index (χ2n) is 7.92. The normalized spacial score (nSPS) is 13.8. The zero-order valence-corrected chi connectivity index (χ0v) is 18.2. The molecule has 0 fully saturated rings. The molecule has 0 aromatic heterocycles. The lowest BCUT2D eigenvalue weighted by Crippen LogP contribution is -2.48. The fourth-order valence-electron chi connectivity index (χ4n) is 4.14. The Labute approximate surface area is 196 Å². The summed E-state index contributed by atoms with van der Waals surface area (Å²) in [6.45, 7) is -0.409. The van der Waals surface area contributed by atoms with E-state index in [1.165, 1.54) is 0 Å². The number of carbonyl (C=O) groups is 3. The van der Waals surface area contributed by atoms with Gasteiger partial charge in [0.05, 0.1) is 0 Å². The standard InChI is InChI=1S/C26H24N2O6/c29-22(28-23(25(31)32)24(30)16-8-2-1-3-9-16)14-27-26(33)34-15-21-19-12-6-4-10-17(19)18-11-5-7-13-20(18)21/h1-13,21,23-24,30H,14-15H2,(H,27,33)(H,28,29)(H,31,32)/t23-,24+/m0/s1. The van der Waals surface area contributed by atoms with Crippen molar-refractivity contribution in [2.45, 2.75) is 18.1 Å². The summed E-state index contributed by atoms with van der Waals surface area (Å²) < 4.78 is 5.36. The number of carboxylic acid groups (broad SMARTS) is 1. The van der Waals surface area contributed by atoms with E-state index in [4.69, 9.17) is 4.74 Å². The maximum atomic E-state index is 12.2. The van der Waals surface area contributed by atoms with Crippen LogP contribution < -0.4 is 10.6 Å². The van der Waals surface area contributed by atoms with Crippen LogP contribution in [0, 0.1) is 0 Å². The molecule has 0 aliphatic heterocycles. The molecule has 3 aromatic rings. The van der Waals surface area contributed by atoms with Gasteiger partial charge < -0.3 is 25.6 Å². The molecule has 34 heavy (non-hydrogen) atoms. The summed E-state index contributed by atoms with van der Waals surface area (Å²) in [7, 11) is 0. The first-order valence-electron chi connectivity index (χ1n) is 10.8. The number of carboxylic acids is 1. The van der Waals surface area contributed by atoms with Crippen LogP contribution >= 0.6 is 0 Å². The van der Waals surface area contributed by atoms with Gasteiger partial charge in [-0.15, -0.1) is 0 Å². The molecule has 0 heterocycles. The number of aliphatic hydroxyl groups excluding tert-OH is 1. The van der Waals surface area contributed by atoms with Crippen molar-refractivity contribution in [3.8, 4) is 11.1 Å². The average Bonchev–Trinajstić information content (AvgIpc) is 3.18. The number of carbonyl (C=O) groups excluding carboxylic acids is 2. The SMILES string of the molecule is O=C(CNC(=O)OCC1c2ccccc2-c2ccccc21)N[C@H](C(=O)O)[C@H](O)c1ccccc1. The monoisotopic (exact) mass is 460 g/mol. The van der Waals surface area contributed by atoms with E-state index in [0.29, 0.717) is 5.56 Å². The smallest absolute Gasteiger partial charge is 0.407 e. The van der Waals surface area contributed by atoms with Gasteiger partial charge in [0.25, 0.3) is 0 Å². The highest BCUT2D eigenvalue weighted by molar-refractivity contribution is 5.87. The Kier molecular flexibility index (Phi) is 6.89. The van der Waals surface area contributed by atoms with Crippen LogP contribution in [0.3, 0.4) is 0 Å². The molecular weight excluding hydrogens is 436 g/mol. The average molecular weight is 460 g/mol. The molecule has 1 aliphatic rings. The molecule has 0 bridgehead atoms. The molecule has 0 saturated carbocycles. The van der Waals surface area contributed by atoms with Gasteiger partial charge in [0.15, 0.2) is 6.04 Å². The molecule has 174 valence electrons. The number of fused-ring (bicyclic) bond motifs is 3. The number of aliphatic hydroxyl groups is 1. The molecule has 8 heteroatoms. The lowest BCUT2D eigenvalue weighted by molar-refractivity contribution is -0.145. The molecule has 2 amide bonds. The fraction of sp³-hybridized carbons (Fsp3) is 0.192. The van der Waals surface area contributed by atoms with Gasteiger partial charge in [-0.3, -0.25) is 4.79 Å². The number of amides is 2. The van der Waals surface area contributed by atoms with Crippen LogP contribution in [0.5, 0.6) is 0 Å². The van der Waals surface area contributed by atoms with Gasteiger partial charge >= 0.3 is 12.1 Å². The van der Waals surface area contributed by atoms with Crippen LogP contribution in [0.1, 0.15) is 28.7 Å². The minimum atomic E-state index is -1.57. The van der Waals surface area contributed by atoms with Crippen LogP contribution in [0.2, 0.25) is 0 Å². The van der Waals surface area contributed by atoms with Crippen LogP contribution in [-0.4, -0.2) is 47.4 Å². The maximum Gasteiger partial charge on any atom is 0.407 e. The van der Waals surface area contributed by atoms with Gasteiger partial charge in [0.1, 0.15) is 19.3 Å². The Bertz CT molecular complexity index is 1150. The van der Waals surface area contributed by atoms with Crippen molar-refractivity contribution in [1.29, 1.82) is 0 Å². The maximum absolute atomic E-state index is 12.2. The van der Waals surface area contributed by atoms with Crippen molar-refractivity contribution in [1.82, 2.24) is 10.6 Å². The molecule has 4 N–H and O–H groups in total. The first-order valence-corrected chi connectivity index (χ1v) is 10.8. The number of ether oxygens (including phenoxy) is 1. The third-order valence-electron chi connectivity index (χ3n) is 5.78. The number of hydrogen-bond acceptors (Lipinski definition) is 5. The first-order chi connectivity index (χ1) is 16.5. The minimum Gasteiger partial charge on any atom is -0.480 e. The zero-order valence-electron chi connectivity index (χ0n) is 18.2. The van der Waals surface area contributed by atoms with Crippen LogP contribution in [0.15, 0.2) is 78.9 Å². The van der Waals surface area contributed by atoms with E-state index in [1.807, 2.05) is 48.5 Å². The third kappa shape index (κ3) is 4.92. The van der Waals surface area contributed by atoms with E-state index in [2.05, 4.69) is 10.6 Å². The number of hydrogen-bond donors (Lipinski definition) is 4. The van der Waals surface area contributed by atoms with E-state index in [-0.39, 0.29) is 12.5 Å². The summed E-state index contributed by atoms with van der Waals surface area (Å²) in [5, 5.41) is 24.3. The number of alkyl carbamates (subject to hydrolysis) is 1. The Morgan fingerprint density at radius 2 is 1.41 bits per heavy atom. The highest BCUT2D eigenvalue weighted by atomic mass is 16.5. The van der Waals surface area contributed by atoms with Crippen LogP contribution in [0.4, 0.5) is 4.79 Å². The lowest BCUT2D eigenvalue weighted by Gasteiger charge is -2.21. The Hall–Kier alpha value is -4.17. The third-order valence-corrected chi connectivity index (χ3v) is 5.78. The van der Waals surface area contributed by atoms with Gasteiger partial charge in [0, 0.05) is 5.92 Å². The summed E-state index contributed by atoms with van der Waals surface area (Å²) in [4.78, 5) is 36.0. The fourth-order valence-corrected chi connectivity index (χ4v) is 4.14. The van der Waals surface area contributed by atoms with Crippen LogP contribution in [0.25, 0.3) is 11.1 Å². The van der Waals surface area contributed by atoms with Gasteiger partial charge in [0.2, 0.25) is 5.91 Å². The largest absolute Gasteiger partial charge is 0.480 e. The first kappa shape index (κ1) is 23.0. The molecule has 8 nitrogen and oxygen atoms in total. The number of aliphatic carboxylic acids is 1. The van der Waals surface area contributed by atoms with Gasteiger partial charge in [-0.25, -0.2) is 9.59 Å². The summed E-state index contributed by atoms with van der Waals surface area (Å²) in [6, 6.07) is 22.4. The quantitative estimate of drug-likeness (QED) is 0.410. The Morgan fingerprint density at radius 3 is 2.00 bits per heavy atom. The minimum absolute atomic E-state index is 0.0892. The van der Waals surface area contributed by atoms with E-state index in [0.717, 1.165) is 22.3 Å². The van der Waals surface area contributed by atoms with E-state index >= 15 is 0 Å². The molecular formula is C26H24N2O6.